The van der Waals surface area contributed by atoms with E-state index in [-0.39, 0.29) is 5.78 Å². The molecule has 2 heterocycles. The molecule has 0 aromatic heterocycles. The molecule has 25 heavy (non-hydrogen) atoms. The highest BCUT2D eigenvalue weighted by atomic mass is 16.1. The monoisotopic (exact) mass is 332 g/mol. The van der Waals surface area contributed by atoms with Gasteiger partial charge in [-0.2, -0.15) is 0 Å². The average molecular weight is 332 g/mol. The number of aliphatic imine (C=N–C) groups is 1. The van der Waals surface area contributed by atoms with E-state index in [0.29, 0.717) is 12.1 Å². The van der Waals surface area contributed by atoms with Crippen molar-refractivity contribution in [3.63, 3.8) is 0 Å². The standard InChI is InChI=1S/C22H24N2O/c1-16(25)17-9-11-19(12-10-17)21-14-13-20(18-6-3-2-4-7-18)24(21)22-8-5-15-23-22/h2-4,6-7,9-12,20-21H,5,8,13-15H2,1H3/t20-,21-/m1/s1. The molecule has 2 aromatic rings. The fourth-order valence-corrected chi connectivity index (χ4v) is 4.18. The lowest BCUT2D eigenvalue weighted by Crippen LogP contribution is -2.31. The van der Waals surface area contributed by atoms with Crippen LogP contribution in [0, 0.1) is 0 Å². The number of likely N-dealkylation sites (tertiary alicyclic amines) is 1. The Hall–Kier alpha value is -2.42. The largest absolute Gasteiger partial charge is 0.346 e. The Kier molecular flexibility index (Phi) is 4.39. The zero-order valence-corrected chi connectivity index (χ0v) is 14.7. The number of amidine groups is 1. The highest BCUT2D eigenvalue weighted by Crippen LogP contribution is 2.45. The molecule has 2 aliphatic rings. The van der Waals surface area contributed by atoms with Crippen molar-refractivity contribution in [1.29, 1.82) is 0 Å². The minimum absolute atomic E-state index is 0.122. The second kappa shape index (κ2) is 6.83. The molecule has 128 valence electrons. The van der Waals surface area contributed by atoms with Crippen LogP contribution in [0.15, 0.2) is 59.6 Å². The third-order valence-electron chi connectivity index (χ3n) is 5.42. The maximum Gasteiger partial charge on any atom is 0.159 e. The lowest BCUT2D eigenvalue weighted by Gasteiger charge is -2.33. The molecule has 3 heteroatoms. The first kappa shape index (κ1) is 16.1. The van der Waals surface area contributed by atoms with Crippen LogP contribution in [0.4, 0.5) is 0 Å². The molecule has 0 amide bonds. The summed E-state index contributed by atoms with van der Waals surface area (Å²) in [7, 11) is 0. The van der Waals surface area contributed by atoms with Gasteiger partial charge in [0, 0.05) is 18.5 Å². The summed E-state index contributed by atoms with van der Waals surface area (Å²) in [6.07, 6.45) is 4.49. The van der Waals surface area contributed by atoms with Crippen molar-refractivity contribution in [3.05, 3.63) is 71.3 Å². The maximum atomic E-state index is 11.6. The Morgan fingerprint density at radius 2 is 1.60 bits per heavy atom. The van der Waals surface area contributed by atoms with Gasteiger partial charge in [0.05, 0.1) is 17.9 Å². The van der Waals surface area contributed by atoms with Gasteiger partial charge in [0.15, 0.2) is 5.78 Å². The molecule has 2 atom stereocenters. The van der Waals surface area contributed by atoms with Gasteiger partial charge < -0.3 is 4.90 Å². The Balaban J connectivity index is 1.68. The molecule has 2 aliphatic heterocycles. The van der Waals surface area contributed by atoms with Crippen LogP contribution in [0.3, 0.4) is 0 Å². The first-order chi connectivity index (χ1) is 12.2. The number of hydrogen-bond acceptors (Lipinski definition) is 3. The lowest BCUT2D eigenvalue weighted by atomic mass is 10.0. The van der Waals surface area contributed by atoms with Crippen molar-refractivity contribution in [2.24, 2.45) is 4.99 Å². The fraction of sp³-hybridized carbons (Fsp3) is 0.364. The number of ketones is 1. The number of carbonyl (C=O) groups is 1. The molecule has 1 fully saturated rings. The van der Waals surface area contributed by atoms with Crippen LogP contribution in [0.5, 0.6) is 0 Å². The first-order valence-corrected chi connectivity index (χ1v) is 9.21. The molecule has 0 radical (unpaired) electrons. The summed E-state index contributed by atoms with van der Waals surface area (Å²) >= 11 is 0. The smallest absolute Gasteiger partial charge is 0.159 e. The molecule has 0 spiro atoms. The molecule has 3 nitrogen and oxygen atoms in total. The van der Waals surface area contributed by atoms with Crippen molar-refractivity contribution in [2.45, 2.75) is 44.7 Å². The number of hydrogen-bond donors (Lipinski definition) is 0. The van der Waals surface area contributed by atoms with Crippen LogP contribution in [0.25, 0.3) is 0 Å². The van der Waals surface area contributed by atoms with Crippen LogP contribution in [0.1, 0.15) is 66.2 Å². The van der Waals surface area contributed by atoms with Crippen molar-refractivity contribution in [2.75, 3.05) is 6.54 Å². The molecule has 0 saturated carbocycles. The number of nitrogens with zero attached hydrogens (tertiary/aromatic N) is 2. The molecule has 0 N–H and O–H groups in total. The lowest BCUT2D eigenvalue weighted by molar-refractivity contribution is 0.101. The maximum absolute atomic E-state index is 11.6. The summed E-state index contributed by atoms with van der Waals surface area (Å²) in [5.74, 6) is 1.38. The number of Topliss-reactive ketones (excluding diaryl/α,β-unsaturated/α-hetero) is 1. The number of benzene rings is 2. The van der Waals surface area contributed by atoms with E-state index in [4.69, 9.17) is 4.99 Å². The topological polar surface area (TPSA) is 32.7 Å². The van der Waals surface area contributed by atoms with Crippen LogP contribution in [0.2, 0.25) is 0 Å². The molecule has 4 rings (SSSR count). The normalized spacial score (nSPS) is 22.9. The minimum Gasteiger partial charge on any atom is -0.346 e. The predicted molar refractivity (Wildman–Crippen MR) is 101 cm³/mol. The van der Waals surface area contributed by atoms with Crippen LogP contribution in [-0.4, -0.2) is 23.1 Å². The van der Waals surface area contributed by atoms with Crippen LogP contribution in [-0.2, 0) is 0 Å². The van der Waals surface area contributed by atoms with Crippen molar-refractivity contribution in [1.82, 2.24) is 4.90 Å². The van der Waals surface area contributed by atoms with Gasteiger partial charge >= 0.3 is 0 Å². The Morgan fingerprint density at radius 3 is 2.16 bits per heavy atom. The number of rotatable bonds is 3. The van der Waals surface area contributed by atoms with Crippen molar-refractivity contribution in [3.8, 4) is 0 Å². The molecular weight excluding hydrogens is 308 g/mol. The Bertz CT molecular complexity index is 779. The quantitative estimate of drug-likeness (QED) is 0.744. The van der Waals surface area contributed by atoms with E-state index in [9.17, 15) is 4.79 Å². The van der Waals surface area contributed by atoms with Gasteiger partial charge in [0.1, 0.15) is 0 Å². The van der Waals surface area contributed by atoms with E-state index in [1.54, 1.807) is 6.92 Å². The van der Waals surface area contributed by atoms with E-state index in [1.807, 2.05) is 12.1 Å². The van der Waals surface area contributed by atoms with E-state index in [2.05, 4.69) is 47.4 Å². The third kappa shape index (κ3) is 3.11. The molecular formula is C22H24N2O. The van der Waals surface area contributed by atoms with Crippen LogP contribution >= 0.6 is 0 Å². The summed E-state index contributed by atoms with van der Waals surface area (Å²) in [4.78, 5) is 18.9. The zero-order valence-electron chi connectivity index (χ0n) is 14.7. The fourth-order valence-electron chi connectivity index (χ4n) is 4.18. The van der Waals surface area contributed by atoms with Gasteiger partial charge in [-0.15, -0.1) is 0 Å². The predicted octanol–water partition coefficient (Wildman–Crippen LogP) is 4.96. The highest BCUT2D eigenvalue weighted by Gasteiger charge is 2.37. The summed E-state index contributed by atoms with van der Waals surface area (Å²) < 4.78 is 0. The van der Waals surface area contributed by atoms with Gasteiger partial charge in [0.25, 0.3) is 0 Å². The van der Waals surface area contributed by atoms with E-state index >= 15 is 0 Å². The minimum atomic E-state index is 0.122. The summed E-state index contributed by atoms with van der Waals surface area (Å²) in [6.45, 7) is 2.57. The van der Waals surface area contributed by atoms with Gasteiger partial charge in [-0.05, 0) is 37.3 Å². The molecule has 1 saturated heterocycles. The van der Waals surface area contributed by atoms with E-state index in [1.165, 1.54) is 17.0 Å². The Morgan fingerprint density at radius 1 is 0.960 bits per heavy atom. The second-order valence-electron chi connectivity index (χ2n) is 7.01. The van der Waals surface area contributed by atoms with Gasteiger partial charge in [-0.1, -0.05) is 54.6 Å². The van der Waals surface area contributed by atoms with Crippen molar-refractivity contribution < 1.29 is 4.79 Å². The SMILES string of the molecule is CC(=O)c1ccc([C@H]2CC[C@H](c3ccccc3)N2C2=NCCC2)cc1. The summed E-state index contributed by atoms with van der Waals surface area (Å²) in [5.41, 5.74) is 3.45. The first-order valence-electron chi connectivity index (χ1n) is 9.21. The molecule has 0 unspecified atom stereocenters. The van der Waals surface area contributed by atoms with Gasteiger partial charge in [-0.3, -0.25) is 9.79 Å². The van der Waals surface area contributed by atoms with E-state index in [0.717, 1.165) is 37.8 Å². The number of carbonyl (C=O) groups excluding carboxylic acids is 1. The molecule has 2 aromatic carbocycles. The van der Waals surface area contributed by atoms with Crippen molar-refractivity contribution >= 4 is 11.6 Å². The molecule has 0 aliphatic carbocycles. The highest BCUT2D eigenvalue weighted by molar-refractivity contribution is 5.94. The average Bonchev–Trinajstić information content (AvgIpc) is 3.32. The zero-order chi connectivity index (χ0) is 17.2. The molecule has 0 bridgehead atoms. The second-order valence-corrected chi connectivity index (χ2v) is 7.01. The third-order valence-corrected chi connectivity index (χ3v) is 5.42. The van der Waals surface area contributed by atoms with E-state index < -0.39 is 0 Å². The van der Waals surface area contributed by atoms with Gasteiger partial charge in [0.2, 0.25) is 0 Å². The Labute approximate surface area is 149 Å². The summed E-state index contributed by atoms with van der Waals surface area (Å²) in [6, 6.07) is 19.7. The van der Waals surface area contributed by atoms with Crippen LogP contribution < -0.4 is 0 Å². The van der Waals surface area contributed by atoms with Gasteiger partial charge in [-0.25, -0.2) is 0 Å². The summed E-state index contributed by atoms with van der Waals surface area (Å²) in [5, 5.41) is 0.